The molecular weight excluding hydrogens is 797 g/mol. The summed E-state index contributed by atoms with van der Waals surface area (Å²) in [4.78, 5) is 82.6. The number of alkyl carbamates (subject to hydrolysis) is 1. The molecular formula is C45H54FNO14. The number of aliphatic hydroxyl groups is 2. The van der Waals surface area contributed by atoms with Crippen LogP contribution < -0.4 is 5.32 Å². The number of ketones is 1. The van der Waals surface area contributed by atoms with Crippen molar-refractivity contribution in [3.8, 4) is 0 Å². The molecule has 2 saturated carbocycles. The summed E-state index contributed by atoms with van der Waals surface area (Å²) < 4.78 is 51.8. The number of benzene rings is 2. The second kappa shape index (κ2) is 16.3. The number of rotatable bonds is 9. The van der Waals surface area contributed by atoms with Gasteiger partial charge in [0.1, 0.15) is 35.6 Å². The number of amides is 1. The Balaban J connectivity index is 1.53. The molecule has 6 rings (SSSR count). The summed E-state index contributed by atoms with van der Waals surface area (Å²) >= 11 is 0. The molecule has 2 aromatic rings. The van der Waals surface area contributed by atoms with E-state index in [-0.39, 0.29) is 16.7 Å². The lowest BCUT2D eigenvalue weighted by molar-refractivity contribution is -0.361. The SMILES string of the molecule is CC(=O)O[C@H]1C(=O)[C@@]2(C)C([C@H](OC(=O)c3ccccc3)[C@]3(O)CC(OC(=O)C[C@@H](NC(=O)OC(C)(C)C)c4ccccc4)C(C)=C1C3(C)C)[C@]1(OC(C)=O)COC1[C@@H](F)[C@@H]2O. The lowest BCUT2D eigenvalue weighted by Gasteiger charge is -2.67. The van der Waals surface area contributed by atoms with Crippen molar-refractivity contribution in [2.24, 2.45) is 16.7 Å². The van der Waals surface area contributed by atoms with Gasteiger partial charge < -0.3 is 44.0 Å². The summed E-state index contributed by atoms with van der Waals surface area (Å²) in [6.07, 6.45) is -13.3. The molecule has 61 heavy (non-hydrogen) atoms. The fourth-order valence-corrected chi connectivity index (χ4v) is 9.83. The van der Waals surface area contributed by atoms with Crippen molar-refractivity contribution in [2.45, 2.75) is 135 Å². The van der Waals surface area contributed by atoms with E-state index in [1.807, 2.05) is 0 Å². The van der Waals surface area contributed by atoms with Gasteiger partial charge in [-0.1, -0.05) is 62.4 Å². The van der Waals surface area contributed by atoms with Crippen LogP contribution in [-0.4, -0.2) is 106 Å². The van der Waals surface area contributed by atoms with E-state index in [0.29, 0.717) is 5.56 Å². The van der Waals surface area contributed by atoms with Crippen LogP contribution in [0.15, 0.2) is 71.8 Å². The third-order valence-electron chi connectivity index (χ3n) is 12.7. The van der Waals surface area contributed by atoms with E-state index in [1.165, 1.54) is 39.8 Å². The minimum Gasteiger partial charge on any atom is -0.458 e. The molecule has 3 fully saturated rings. The molecule has 1 amide bonds. The molecule has 4 aliphatic rings. The van der Waals surface area contributed by atoms with Gasteiger partial charge in [0.05, 0.1) is 36.0 Å². The second-order valence-corrected chi connectivity index (χ2v) is 18.1. The first kappa shape index (κ1) is 45.3. The fourth-order valence-electron chi connectivity index (χ4n) is 9.83. The van der Waals surface area contributed by atoms with Gasteiger partial charge in [0.25, 0.3) is 0 Å². The van der Waals surface area contributed by atoms with Gasteiger partial charge in [0.2, 0.25) is 0 Å². The van der Waals surface area contributed by atoms with Crippen molar-refractivity contribution in [1.82, 2.24) is 5.32 Å². The van der Waals surface area contributed by atoms with Crippen LogP contribution in [0.3, 0.4) is 0 Å². The number of alkyl halides is 1. The van der Waals surface area contributed by atoms with Crippen molar-refractivity contribution in [1.29, 1.82) is 0 Å². The van der Waals surface area contributed by atoms with Crippen molar-refractivity contribution < 1.29 is 71.8 Å². The smallest absolute Gasteiger partial charge is 0.408 e. The van der Waals surface area contributed by atoms with Crippen molar-refractivity contribution in [3.63, 3.8) is 0 Å². The number of hydrogen-bond acceptors (Lipinski definition) is 14. The first-order valence-corrected chi connectivity index (χ1v) is 20.2. The number of aliphatic hydroxyl groups excluding tert-OH is 1. The average molecular weight is 852 g/mol. The summed E-state index contributed by atoms with van der Waals surface area (Å²) in [7, 11) is 0. The highest BCUT2D eigenvalue weighted by Gasteiger charge is 2.80. The number of Topliss-reactive ketones (excluding diaryl/α,β-unsaturated/α-hetero) is 1. The van der Waals surface area contributed by atoms with Gasteiger partial charge in [-0.25, -0.2) is 14.0 Å². The number of nitrogens with one attached hydrogen (secondary N) is 1. The molecule has 3 N–H and O–H groups in total. The quantitative estimate of drug-likeness (QED) is 0.176. The van der Waals surface area contributed by atoms with E-state index in [4.69, 9.17) is 28.4 Å². The van der Waals surface area contributed by atoms with Crippen LogP contribution >= 0.6 is 0 Å². The van der Waals surface area contributed by atoms with Gasteiger partial charge in [-0.15, -0.1) is 0 Å². The van der Waals surface area contributed by atoms with Crippen LogP contribution in [0.25, 0.3) is 0 Å². The summed E-state index contributed by atoms with van der Waals surface area (Å²) in [5.74, 6) is -6.56. The predicted molar refractivity (Wildman–Crippen MR) is 212 cm³/mol. The molecule has 0 radical (unpaired) electrons. The van der Waals surface area contributed by atoms with E-state index < -0.39 is 131 Å². The maximum absolute atomic E-state index is 16.5. The monoisotopic (exact) mass is 851 g/mol. The van der Waals surface area contributed by atoms with Crippen molar-refractivity contribution in [3.05, 3.63) is 82.9 Å². The standard InChI is InChI=1S/C45H54FNO14/c1-23-29(58-30(50)20-28(26-16-12-10-13-17-26)47-40(54)61-41(4,5)6)21-45(55)38(59-39(53)27-18-14-11-15-19-27)34-43(9,36(52)33(57-24(2)48)31(23)42(45,7)8)35(51)32(46)37-44(34,22-56-37)60-25(3)49/h10-19,28-29,32-35,37-38,51,55H,20-22H2,1-9H3,(H,47,54)/t28-,29?,32+,33-,34?,35+,37?,38+,43+,44-,45-/m1/s1. The molecule has 2 bridgehead atoms. The molecule has 11 atom stereocenters. The van der Waals surface area contributed by atoms with Gasteiger partial charge in [0.15, 0.2) is 23.7 Å². The Morgan fingerprint density at radius 3 is 2.08 bits per heavy atom. The average Bonchev–Trinajstić information content (AvgIpc) is 3.16. The zero-order valence-electron chi connectivity index (χ0n) is 35.7. The van der Waals surface area contributed by atoms with E-state index in [2.05, 4.69) is 5.32 Å². The number of carbonyl (C=O) groups excluding carboxylic acids is 6. The lowest BCUT2D eigenvalue weighted by Crippen LogP contribution is -2.84. The van der Waals surface area contributed by atoms with Gasteiger partial charge in [-0.3, -0.25) is 19.2 Å². The highest BCUT2D eigenvalue weighted by Crippen LogP contribution is 2.65. The molecule has 0 spiro atoms. The zero-order valence-corrected chi connectivity index (χ0v) is 35.7. The Morgan fingerprint density at radius 1 is 0.934 bits per heavy atom. The highest BCUT2D eigenvalue weighted by atomic mass is 19.1. The molecule has 3 unspecified atom stereocenters. The third-order valence-corrected chi connectivity index (χ3v) is 12.7. The van der Waals surface area contributed by atoms with E-state index >= 15 is 9.18 Å². The topological polar surface area (TPSA) is 210 Å². The predicted octanol–water partition coefficient (Wildman–Crippen LogP) is 4.81. The first-order chi connectivity index (χ1) is 28.4. The molecule has 0 aromatic heterocycles. The summed E-state index contributed by atoms with van der Waals surface area (Å²) in [5, 5.41) is 28.3. The second-order valence-electron chi connectivity index (χ2n) is 18.1. The lowest BCUT2D eigenvalue weighted by atomic mass is 9.44. The number of esters is 4. The Kier molecular flexibility index (Phi) is 12.1. The third kappa shape index (κ3) is 7.93. The number of hydrogen-bond donors (Lipinski definition) is 3. The zero-order chi connectivity index (χ0) is 45.0. The van der Waals surface area contributed by atoms with Crippen LogP contribution in [-0.2, 0) is 47.6 Å². The number of carbonyl (C=O) groups is 6. The fraction of sp³-hybridized carbons (Fsp3) is 0.556. The summed E-state index contributed by atoms with van der Waals surface area (Å²) in [6, 6.07) is 15.3. The van der Waals surface area contributed by atoms with Crippen LogP contribution in [0.4, 0.5) is 9.18 Å². The maximum atomic E-state index is 16.5. The van der Waals surface area contributed by atoms with Gasteiger partial charge in [-0.2, -0.15) is 0 Å². The molecule has 1 aliphatic heterocycles. The molecule has 16 heteroatoms. The minimum atomic E-state index is -2.44. The molecule has 15 nitrogen and oxygen atoms in total. The number of ether oxygens (including phenoxy) is 6. The Labute approximate surface area is 353 Å². The normalized spacial score (nSPS) is 33.2. The summed E-state index contributed by atoms with van der Waals surface area (Å²) in [6.45, 7) is 12.4. The Hall–Kier alpha value is -5.19. The van der Waals surface area contributed by atoms with Gasteiger partial charge in [0, 0.05) is 25.7 Å². The Bertz CT molecular complexity index is 2100. The first-order valence-electron chi connectivity index (χ1n) is 20.2. The van der Waals surface area contributed by atoms with Gasteiger partial charge in [-0.05, 0) is 63.5 Å². The highest BCUT2D eigenvalue weighted by molar-refractivity contribution is 5.95. The molecule has 3 aliphatic carbocycles. The van der Waals surface area contributed by atoms with Crippen LogP contribution in [0.5, 0.6) is 0 Å². The van der Waals surface area contributed by atoms with Crippen LogP contribution in [0.2, 0.25) is 0 Å². The Morgan fingerprint density at radius 2 is 1.54 bits per heavy atom. The minimum absolute atomic E-state index is 0.0228. The van der Waals surface area contributed by atoms with E-state index in [9.17, 15) is 34.2 Å². The van der Waals surface area contributed by atoms with Crippen LogP contribution in [0, 0.1) is 16.7 Å². The number of halogens is 1. The number of fused-ring (bicyclic) bond motifs is 5. The summed E-state index contributed by atoms with van der Waals surface area (Å²) in [5.41, 5.74) is -8.86. The molecule has 1 saturated heterocycles. The largest absolute Gasteiger partial charge is 0.458 e. The van der Waals surface area contributed by atoms with E-state index in [0.717, 1.165) is 13.8 Å². The molecule has 2 aromatic carbocycles. The molecule has 330 valence electrons. The molecule has 1 heterocycles. The maximum Gasteiger partial charge on any atom is 0.408 e. The van der Waals surface area contributed by atoms with Gasteiger partial charge >= 0.3 is 30.0 Å². The van der Waals surface area contributed by atoms with Crippen LogP contribution in [0.1, 0.15) is 97.1 Å². The van der Waals surface area contributed by atoms with Crippen molar-refractivity contribution in [2.75, 3.05) is 6.61 Å². The van der Waals surface area contributed by atoms with E-state index in [1.54, 1.807) is 69.3 Å². The van der Waals surface area contributed by atoms with Crippen molar-refractivity contribution >= 4 is 35.8 Å².